The second-order valence-corrected chi connectivity index (χ2v) is 3.01. The van der Waals surface area contributed by atoms with E-state index in [9.17, 15) is 4.39 Å². The van der Waals surface area contributed by atoms with E-state index >= 15 is 0 Å². The molecule has 0 unspecified atom stereocenters. The van der Waals surface area contributed by atoms with Crippen molar-refractivity contribution >= 4 is 55.9 Å². The number of halogens is 2. The zero-order valence-corrected chi connectivity index (χ0v) is 7.52. The average molecular weight is 220 g/mol. The van der Waals surface area contributed by atoms with Gasteiger partial charge in [-0.3, -0.25) is 0 Å². The summed E-state index contributed by atoms with van der Waals surface area (Å²) in [6.07, 6.45) is 0. The van der Waals surface area contributed by atoms with E-state index in [2.05, 4.69) is 15.9 Å². The lowest BCUT2D eigenvalue weighted by Gasteiger charge is -2.11. The van der Waals surface area contributed by atoms with Crippen LogP contribution in [0.1, 0.15) is 0 Å². The van der Waals surface area contributed by atoms with Gasteiger partial charge in [0.25, 0.3) is 0 Å². The topological polar surface area (TPSA) is 20.2 Å². The zero-order valence-electron chi connectivity index (χ0n) is 5.94. The number of hydrogen-bond donors (Lipinski definition) is 1. The molecule has 6 radical (unpaired) electrons. The highest BCUT2D eigenvalue weighted by Gasteiger charge is 2.12. The molecule has 0 fully saturated rings. The van der Waals surface area contributed by atoms with Crippen LogP contribution in [0, 0.1) is 5.82 Å². The van der Waals surface area contributed by atoms with Crippen molar-refractivity contribution in [3.05, 3.63) is 10.3 Å². The van der Waals surface area contributed by atoms with Crippen LogP contribution in [-0.4, -0.2) is 28.6 Å². The van der Waals surface area contributed by atoms with Crippen LogP contribution in [0.5, 0.6) is 5.75 Å². The largest absolute Gasteiger partial charge is 0.509 e. The predicted octanol–water partition coefficient (Wildman–Crippen LogP) is -1.32. The summed E-state index contributed by atoms with van der Waals surface area (Å²) in [6.45, 7) is 0. The number of phenolic OH excluding ortho intramolecular Hbond substituents is 1. The summed E-state index contributed by atoms with van der Waals surface area (Å²) in [5, 5.41) is 9.12. The minimum Gasteiger partial charge on any atom is -0.509 e. The first-order chi connectivity index (χ1) is 5.46. The quantitative estimate of drug-likeness (QED) is 0.538. The molecular weight excluding hydrogens is 219 g/mol. The Morgan fingerprint density at radius 1 is 1.08 bits per heavy atom. The highest BCUT2D eigenvalue weighted by atomic mass is 79.9. The van der Waals surface area contributed by atoms with E-state index in [0.717, 1.165) is 0 Å². The molecule has 0 atom stereocenters. The second-order valence-electron chi connectivity index (χ2n) is 2.22. The van der Waals surface area contributed by atoms with Crippen LogP contribution in [0.25, 0.3) is 0 Å². The summed E-state index contributed by atoms with van der Waals surface area (Å²) in [7, 11) is 15.7. The van der Waals surface area contributed by atoms with Gasteiger partial charge in [-0.1, -0.05) is 15.9 Å². The number of rotatable bonds is 0. The zero-order chi connectivity index (χ0) is 9.46. The standard InChI is InChI=1S/C6HB3BrFO/c7-1-4(10)2(8)6(12)3(9)5(1)11/h12H. The van der Waals surface area contributed by atoms with Crippen molar-refractivity contribution in [1.82, 2.24) is 0 Å². The maximum Gasteiger partial charge on any atom is 0.123 e. The Morgan fingerprint density at radius 3 is 2.08 bits per heavy atom. The monoisotopic (exact) mass is 220 g/mol. The van der Waals surface area contributed by atoms with Gasteiger partial charge in [0.2, 0.25) is 0 Å². The molecule has 0 aromatic heterocycles. The van der Waals surface area contributed by atoms with Gasteiger partial charge in [-0.25, -0.2) is 4.39 Å². The highest BCUT2D eigenvalue weighted by Crippen LogP contribution is 2.09. The van der Waals surface area contributed by atoms with Crippen LogP contribution in [-0.2, 0) is 0 Å². The highest BCUT2D eigenvalue weighted by molar-refractivity contribution is 9.10. The van der Waals surface area contributed by atoms with Crippen molar-refractivity contribution in [3.8, 4) is 5.75 Å². The van der Waals surface area contributed by atoms with Crippen molar-refractivity contribution in [2.45, 2.75) is 0 Å². The van der Waals surface area contributed by atoms with Gasteiger partial charge < -0.3 is 5.11 Å². The van der Waals surface area contributed by atoms with E-state index < -0.39 is 17.0 Å². The summed E-state index contributed by atoms with van der Waals surface area (Å²) in [5.41, 5.74) is -0.706. The second kappa shape index (κ2) is 3.17. The van der Waals surface area contributed by atoms with Gasteiger partial charge in [-0.2, -0.15) is 0 Å². The van der Waals surface area contributed by atoms with Crippen molar-refractivity contribution < 1.29 is 9.50 Å². The average Bonchev–Trinajstić information content (AvgIpc) is 2.08. The first kappa shape index (κ1) is 9.71. The number of aromatic hydroxyl groups is 1. The molecule has 0 spiro atoms. The Balaban J connectivity index is 3.60. The molecular formula is C6HB3BrFO. The Labute approximate surface area is 81.7 Å². The Morgan fingerprint density at radius 2 is 1.58 bits per heavy atom. The third kappa shape index (κ3) is 1.28. The van der Waals surface area contributed by atoms with Crippen LogP contribution in [0.15, 0.2) is 4.47 Å². The molecule has 0 heterocycles. The molecule has 1 nitrogen and oxygen atoms in total. The fraction of sp³-hybridized carbons (Fsp3) is 0. The van der Waals surface area contributed by atoms with Crippen LogP contribution in [0.3, 0.4) is 0 Å². The fourth-order valence-corrected chi connectivity index (χ4v) is 1.10. The molecule has 6 heteroatoms. The van der Waals surface area contributed by atoms with E-state index in [1.54, 1.807) is 0 Å². The van der Waals surface area contributed by atoms with Crippen LogP contribution in [0.2, 0.25) is 0 Å². The molecule has 0 saturated carbocycles. The summed E-state index contributed by atoms with van der Waals surface area (Å²) >= 11 is 2.91. The summed E-state index contributed by atoms with van der Waals surface area (Å²) in [6, 6.07) is 0. The van der Waals surface area contributed by atoms with Gasteiger partial charge >= 0.3 is 0 Å². The lowest BCUT2D eigenvalue weighted by Crippen LogP contribution is -2.31. The molecule has 12 heavy (non-hydrogen) atoms. The smallest absolute Gasteiger partial charge is 0.123 e. The van der Waals surface area contributed by atoms with Gasteiger partial charge in [0.05, 0.1) is 0 Å². The summed E-state index contributed by atoms with van der Waals surface area (Å²) < 4.78 is 13.1. The third-order valence-electron chi connectivity index (χ3n) is 1.46. The van der Waals surface area contributed by atoms with Crippen molar-refractivity contribution in [1.29, 1.82) is 0 Å². The molecule has 0 amide bonds. The Bertz CT molecular complexity index is 237. The Hall–Kier alpha value is -0.375. The lowest BCUT2D eigenvalue weighted by atomic mass is 9.79. The fourth-order valence-electron chi connectivity index (χ4n) is 0.740. The first-order valence-corrected chi connectivity index (χ1v) is 3.76. The van der Waals surface area contributed by atoms with Gasteiger partial charge in [0.15, 0.2) is 0 Å². The van der Waals surface area contributed by atoms with Gasteiger partial charge in [-0.05, 0) is 16.4 Å². The SMILES string of the molecule is [B]c1c(O)c([B])c(Br)c([B])c1F. The predicted molar refractivity (Wildman–Crippen MR) is 51.9 cm³/mol. The maximum atomic E-state index is 12.9. The van der Waals surface area contributed by atoms with Gasteiger partial charge in [-0.15, -0.1) is 0 Å². The van der Waals surface area contributed by atoms with Crippen molar-refractivity contribution in [2.24, 2.45) is 0 Å². The van der Waals surface area contributed by atoms with Crippen molar-refractivity contribution in [3.63, 3.8) is 0 Å². The van der Waals surface area contributed by atoms with Crippen LogP contribution < -0.4 is 16.4 Å². The molecule has 0 aliphatic rings. The number of benzene rings is 1. The molecule has 0 aliphatic carbocycles. The van der Waals surface area contributed by atoms with E-state index in [1.165, 1.54) is 0 Å². The van der Waals surface area contributed by atoms with E-state index in [0.29, 0.717) is 0 Å². The van der Waals surface area contributed by atoms with E-state index in [-0.39, 0.29) is 15.4 Å². The molecule has 1 aromatic rings. The minimum absolute atomic E-state index is 0.0635. The molecule has 0 bridgehead atoms. The first-order valence-electron chi connectivity index (χ1n) is 2.97. The summed E-state index contributed by atoms with van der Waals surface area (Å²) in [5.74, 6) is -1.36. The number of phenols is 1. The van der Waals surface area contributed by atoms with E-state index in [1.807, 2.05) is 0 Å². The normalized spacial score (nSPS) is 10.2. The van der Waals surface area contributed by atoms with Gasteiger partial charge in [0.1, 0.15) is 35.1 Å². The van der Waals surface area contributed by atoms with Crippen LogP contribution >= 0.6 is 15.9 Å². The molecule has 1 N–H and O–H groups in total. The lowest BCUT2D eigenvalue weighted by molar-refractivity contribution is 0.479. The van der Waals surface area contributed by atoms with Crippen molar-refractivity contribution in [2.75, 3.05) is 0 Å². The van der Waals surface area contributed by atoms with Gasteiger partial charge in [0, 0.05) is 4.47 Å². The molecule has 0 aliphatic heterocycles. The Kier molecular flexibility index (Phi) is 2.56. The maximum absolute atomic E-state index is 12.9. The molecule has 1 aromatic carbocycles. The van der Waals surface area contributed by atoms with Crippen LogP contribution in [0.4, 0.5) is 4.39 Å². The van der Waals surface area contributed by atoms with E-state index in [4.69, 9.17) is 28.6 Å². The minimum atomic E-state index is -0.867. The third-order valence-corrected chi connectivity index (χ3v) is 2.31. The molecule has 54 valence electrons. The molecule has 1 rings (SSSR count). The summed E-state index contributed by atoms with van der Waals surface area (Å²) in [4.78, 5) is 0. The molecule has 0 saturated heterocycles. The number of hydrogen-bond acceptors (Lipinski definition) is 1.